The van der Waals surface area contributed by atoms with Crippen molar-refractivity contribution in [3.05, 3.63) is 84.4 Å². The minimum absolute atomic E-state index is 0.0333. The van der Waals surface area contributed by atoms with Gasteiger partial charge in [-0.25, -0.2) is 0 Å². The lowest BCUT2D eigenvalue weighted by atomic mass is 9.82. The maximum Gasteiger partial charge on any atom is 0.153 e. The second-order valence-corrected chi connectivity index (χ2v) is 10.4. The van der Waals surface area contributed by atoms with Gasteiger partial charge < -0.3 is 4.42 Å². The molecule has 0 spiro atoms. The Labute approximate surface area is 195 Å². The van der Waals surface area contributed by atoms with E-state index in [-0.39, 0.29) is 5.41 Å². The molecule has 0 fully saturated rings. The van der Waals surface area contributed by atoms with Gasteiger partial charge in [-0.1, -0.05) is 58.9 Å². The van der Waals surface area contributed by atoms with E-state index in [9.17, 15) is 0 Å². The Balaban J connectivity index is 1.60. The Morgan fingerprint density at radius 2 is 1.73 bits per heavy atom. The lowest BCUT2D eigenvalue weighted by Crippen LogP contribution is -2.12. The van der Waals surface area contributed by atoms with Crippen LogP contribution in [-0.4, -0.2) is 9.97 Å². The van der Waals surface area contributed by atoms with Gasteiger partial charge in [-0.05, 0) is 75.5 Å². The van der Waals surface area contributed by atoms with Crippen molar-refractivity contribution in [1.82, 2.24) is 9.97 Å². The molecule has 0 radical (unpaired) electrons. The number of hydrogen-bond acceptors (Lipinski definition) is 3. The summed E-state index contributed by atoms with van der Waals surface area (Å²) in [6.07, 6.45) is 6.67. The van der Waals surface area contributed by atoms with E-state index in [4.69, 9.17) is 14.4 Å². The molecule has 0 aliphatic rings. The first kappa shape index (κ1) is 21.4. The van der Waals surface area contributed by atoms with Crippen LogP contribution >= 0.6 is 0 Å². The highest BCUT2D eigenvalue weighted by Gasteiger charge is 2.19. The van der Waals surface area contributed by atoms with Gasteiger partial charge in [-0.3, -0.25) is 9.97 Å². The number of hydrogen-bond donors (Lipinski definition) is 0. The number of rotatable bonds is 4. The van der Waals surface area contributed by atoms with E-state index in [2.05, 4.69) is 83.1 Å². The highest BCUT2D eigenvalue weighted by atomic mass is 16.3. The predicted molar refractivity (Wildman–Crippen MR) is 137 cm³/mol. The van der Waals surface area contributed by atoms with Crippen molar-refractivity contribution in [2.24, 2.45) is 5.92 Å². The quantitative estimate of drug-likeness (QED) is 0.286. The highest BCUT2D eigenvalue weighted by molar-refractivity contribution is 5.93. The summed E-state index contributed by atoms with van der Waals surface area (Å²) in [6.45, 7) is 11.2. The van der Waals surface area contributed by atoms with Gasteiger partial charge in [0.1, 0.15) is 11.8 Å². The Bertz CT molecular complexity index is 1450. The van der Waals surface area contributed by atoms with E-state index in [1.54, 1.807) is 0 Å². The maximum absolute atomic E-state index is 5.91. The number of aromatic nitrogens is 2. The van der Waals surface area contributed by atoms with E-state index < -0.39 is 0 Å². The molecule has 0 atom stereocenters. The molecule has 3 heterocycles. The van der Waals surface area contributed by atoms with Gasteiger partial charge >= 0.3 is 0 Å². The average Bonchev–Trinajstić information content (AvgIpc) is 3.20. The molecule has 3 aromatic heterocycles. The lowest BCUT2D eigenvalue weighted by Gasteiger charge is -2.22. The third-order valence-electron chi connectivity index (χ3n) is 6.15. The monoisotopic (exact) mass is 434 g/mol. The molecule has 5 rings (SSSR count). The number of pyridine rings is 2. The summed E-state index contributed by atoms with van der Waals surface area (Å²) in [7, 11) is 0. The highest BCUT2D eigenvalue weighted by Crippen LogP contribution is 2.36. The zero-order valence-electron chi connectivity index (χ0n) is 20.0. The average molecular weight is 435 g/mol. The van der Waals surface area contributed by atoms with Crippen molar-refractivity contribution < 1.29 is 4.42 Å². The third-order valence-corrected chi connectivity index (χ3v) is 6.15. The van der Waals surface area contributed by atoms with Crippen molar-refractivity contribution in [3.8, 4) is 22.4 Å². The molecule has 0 amide bonds. The van der Waals surface area contributed by atoms with Crippen LogP contribution in [-0.2, 0) is 11.8 Å². The van der Waals surface area contributed by atoms with Crippen LogP contribution in [0.3, 0.4) is 0 Å². The van der Waals surface area contributed by atoms with Crippen LogP contribution in [0.5, 0.6) is 0 Å². The first-order chi connectivity index (χ1) is 15.8. The fourth-order valence-corrected chi connectivity index (χ4v) is 4.58. The predicted octanol–water partition coefficient (Wildman–Crippen LogP) is 8.21. The Kier molecular flexibility index (Phi) is 5.28. The largest absolute Gasteiger partial charge is 0.462 e. The fraction of sp³-hybridized carbons (Fsp3) is 0.267. The molecule has 3 heteroatoms. The van der Waals surface area contributed by atoms with Crippen molar-refractivity contribution in [1.29, 1.82) is 0 Å². The van der Waals surface area contributed by atoms with Gasteiger partial charge in [0.05, 0.1) is 5.69 Å². The molecule has 0 N–H and O–H groups in total. The molecular formula is C30H30N2O. The van der Waals surface area contributed by atoms with Crippen molar-refractivity contribution in [3.63, 3.8) is 0 Å². The Hall–Kier alpha value is -3.46. The molecule has 0 aliphatic heterocycles. The number of nitrogens with zero attached hydrogens (tertiary/aromatic N) is 2. The minimum Gasteiger partial charge on any atom is -0.462 e. The SMILES string of the molecule is CC(C)Cc1cnc2c(-c3ccnc(-c4cc(C(C)(C)C)c5ccccc5c4)c3)coc2c1. The normalized spacial score (nSPS) is 12.2. The summed E-state index contributed by atoms with van der Waals surface area (Å²) in [5.74, 6) is 0.585. The molecule has 0 bridgehead atoms. The van der Waals surface area contributed by atoms with Crippen LogP contribution in [0.4, 0.5) is 0 Å². The molecule has 0 saturated carbocycles. The van der Waals surface area contributed by atoms with Crippen LogP contribution in [0.15, 0.2) is 77.7 Å². The molecule has 5 aromatic rings. The van der Waals surface area contributed by atoms with Crippen LogP contribution in [0.2, 0.25) is 0 Å². The summed E-state index contributed by atoms with van der Waals surface area (Å²) in [6, 6.07) is 19.4. The van der Waals surface area contributed by atoms with Crippen molar-refractivity contribution >= 4 is 21.9 Å². The van der Waals surface area contributed by atoms with Gasteiger partial charge in [0.15, 0.2) is 5.58 Å². The van der Waals surface area contributed by atoms with Crippen LogP contribution < -0.4 is 0 Å². The summed E-state index contributed by atoms with van der Waals surface area (Å²) in [4.78, 5) is 9.47. The smallest absolute Gasteiger partial charge is 0.153 e. The van der Waals surface area contributed by atoms with E-state index in [1.165, 1.54) is 21.9 Å². The van der Waals surface area contributed by atoms with E-state index in [1.807, 2.05) is 24.7 Å². The van der Waals surface area contributed by atoms with E-state index in [0.717, 1.165) is 39.9 Å². The van der Waals surface area contributed by atoms with Gasteiger partial charge in [0, 0.05) is 23.5 Å². The van der Waals surface area contributed by atoms with Crippen LogP contribution in [0.25, 0.3) is 44.3 Å². The van der Waals surface area contributed by atoms with Crippen LogP contribution in [0.1, 0.15) is 45.7 Å². The van der Waals surface area contributed by atoms with Crippen molar-refractivity contribution in [2.75, 3.05) is 0 Å². The zero-order valence-corrected chi connectivity index (χ0v) is 20.0. The molecule has 0 aliphatic carbocycles. The number of fused-ring (bicyclic) bond motifs is 2. The zero-order chi connectivity index (χ0) is 23.2. The van der Waals surface area contributed by atoms with Gasteiger partial charge in [-0.15, -0.1) is 0 Å². The summed E-state index contributed by atoms with van der Waals surface area (Å²) >= 11 is 0. The minimum atomic E-state index is 0.0333. The second kappa shape index (κ2) is 8.15. The molecule has 33 heavy (non-hydrogen) atoms. The van der Waals surface area contributed by atoms with Gasteiger partial charge in [0.2, 0.25) is 0 Å². The lowest BCUT2D eigenvalue weighted by molar-refractivity contribution is 0.596. The third kappa shape index (κ3) is 4.16. The molecule has 0 saturated heterocycles. The standard InChI is InChI=1S/C30H30N2O/c1-19(2)12-20-13-28-29(32-17-20)25(18-33-28)22-10-11-31-27(16-22)23-14-21-8-6-7-9-24(21)26(15-23)30(3,4)5/h6-11,13-19H,12H2,1-5H3. The first-order valence-electron chi connectivity index (χ1n) is 11.7. The van der Waals surface area contributed by atoms with Crippen molar-refractivity contribution in [2.45, 2.75) is 46.5 Å². The Morgan fingerprint density at radius 3 is 2.52 bits per heavy atom. The van der Waals surface area contributed by atoms with E-state index >= 15 is 0 Å². The summed E-state index contributed by atoms with van der Waals surface area (Å²) in [5.41, 5.74) is 8.45. The van der Waals surface area contributed by atoms with E-state index in [0.29, 0.717) is 5.92 Å². The summed E-state index contributed by atoms with van der Waals surface area (Å²) in [5, 5.41) is 2.53. The molecule has 0 unspecified atom stereocenters. The molecule has 2 aromatic carbocycles. The maximum atomic E-state index is 5.91. The fourth-order valence-electron chi connectivity index (χ4n) is 4.58. The molecular weight excluding hydrogens is 404 g/mol. The summed E-state index contributed by atoms with van der Waals surface area (Å²) < 4.78 is 5.91. The number of benzene rings is 2. The first-order valence-corrected chi connectivity index (χ1v) is 11.7. The molecule has 3 nitrogen and oxygen atoms in total. The Morgan fingerprint density at radius 1 is 0.909 bits per heavy atom. The molecule has 166 valence electrons. The topological polar surface area (TPSA) is 38.9 Å². The van der Waals surface area contributed by atoms with Crippen LogP contribution in [0, 0.1) is 5.92 Å². The van der Waals surface area contributed by atoms with Gasteiger partial charge in [-0.2, -0.15) is 0 Å². The number of furan rings is 1. The van der Waals surface area contributed by atoms with Gasteiger partial charge in [0.25, 0.3) is 0 Å². The second-order valence-electron chi connectivity index (χ2n) is 10.4.